The van der Waals surface area contributed by atoms with Gasteiger partial charge in [-0.1, -0.05) is 18.2 Å². The molecule has 6 heteroatoms. The second kappa shape index (κ2) is 6.20. The molecule has 0 unspecified atom stereocenters. The number of rotatable bonds is 4. The summed E-state index contributed by atoms with van der Waals surface area (Å²) in [4.78, 5) is 0. The van der Waals surface area contributed by atoms with Gasteiger partial charge in [-0.3, -0.25) is 0 Å². The fraction of sp³-hybridized carbons (Fsp3) is 0.571. The van der Waals surface area contributed by atoms with Crippen LogP contribution in [-0.4, -0.2) is 45.3 Å². The highest BCUT2D eigenvalue weighted by Gasteiger charge is 2.37. The summed E-state index contributed by atoms with van der Waals surface area (Å²) in [5.41, 5.74) is 0.543. The Morgan fingerprint density at radius 1 is 1.35 bits per heavy atom. The lowest BCUT2D eigenvalue weighted by atomic mass is 9.93. The van der Waals surface area contributed by atoms with Gasteiger partial charge in [-0.05, 0) is 24.5 Å². The third-order valence-corrected chi connectivity index (χ3v) is 6.14. The first-order valence-electron chi connectivity index (χ1n) is 6.65. The lowest BCUT2D eigenvalue weighted by Gasteiger charge is -2.33. The number of hydrogen-bond acceptors (Lipinski definition) is 3. The fourth-order valence-electron chi connectivity index (χ4n) is 2.58. The summed E-state index contributed by atoms with van der Waals surface area (Å²) in [6.07, 6.45) is 0.837. The normalized spacial score (nSPS) is 24.0. The van der Waals surface area contributed by atoms with E-state index < -0.39 is 15.3 Å². The van der Waals surface area contributed by atoms with Crippen molar-refractivity contribution < 1.29 is 17.5 Å². The average Bonchev–Trinajstić information content (AvgIpc) is 2.41. The lowest BCUT2D eigenvalue weighted by Crippen LogP contribution is -2.44. The van der Waals surface area contributed by atoms with Gasteiger partial charge < -0.3 is 4.74 Å². The Hall–Kier alpha value is -0.980. The molecule has 0 aromatic heterocycles. The Bertz CT molecular complexity index is 559. The number of ether oxygens (including phenoxy) is 1. The van der Waals surface area contributed by atoms with Crippen LogP contribution in [0.3, 0.4) is 0 Å². The van der Waals surface area contributed by atoms with Crippen LogP contribution < -0.4 is 0 Å². The predicted octanol–water partition coefficient (Wildman–Crippen LogP) is 1.66. The van der Waals surface area contributed by atoms with E-state index in [9.17, 15) is 12.8 Å². The lowest BCUT2D eigenvalue weighted by molar-refractivity contribution is 0.0561. The van der Waals surface area contributed by atoms with Crippen molar-refractivity contribution in [3.63, 3.8) is 0 Å². The number of sulfonamides is 1. The maximum absolute atomic E-state index is 13.7. The molecule has 20 heavy (non-hydrogen) atoms. The van der Waals surface area contributed by atoms with Crippen molar-refractivity contribution in [1.82, 2.24) is 4.31 Å². The zero-order valence-electron chi connectivity index (χ0n) is 11.8. The minimum atomic E-state index is -3.35. The van der Waals surface area contributed by atoms with Crippen molar-refractivity contribution in [2.45, 2.75) is 18.1 Å². The third kappa shape index (κ3) is 3.19. The van der Waals surface area contributed by atoms with Gasteiger partial charge in [0.2, 0.25) is 10.0 Å². The second-order valence-corrected chi connectivity index (χ2v) is 7.65. The minimum Gasteiger partial charge on any atom is -0.381 e. The first-order chi connectivity index (χ1) is 9.43. The summed E-state index contributed by atoms with van der Waals surface area (Å²) in [5, 5.41) is -0.508. The quantitative estimate of drug-likeness (QED) is 0.850. The van der Waals surface area contributed by atoms with E-state index in [4.69, 9.17) is 4.74 Å². The monoisotopic (exact) mass is 301 g/mol. The Kier molecular flexibility index (Phi) is 4.78. The van der Waals surface area contributed by atoms with Gasteiger partial charge in [0.15, 0.2) is 0 Å². The van der Waals surface area contributed by atoms with Crippen molar-refractivity contribution in [2.75, 3.05) is 27.3 Å². The topological polar surface area (TPSA) is 46.6 Å². The molecule has 1 fully saturated rings. The Balaban J connectivity index is 2.22. The average molecular weight is 301 g/mol. The van der Waals surface area contributed by atoms with E-state index in [0.717, 1.165) is 0 Å². The molecular formula is C14H20FNO3S. The molecule has 2 atom stereocenters. The molecule has 1 aromatic carbocycles. The molecule has 0 N–H and O–H groups in total. The van der Waals surface area contributed by atoms with Crippen molar-refractivity contribution in [3.05, 3.63) is 35.6 Å². The van der Waals surface area contributed by atoms with Crippen LogP contribution in [-0.2, 0) is 21.2 Å². The maximum atomic E-state index is 13.7. The van der Waals surface area contributed by atoms with Gasteiger partial charge in [-0.25, -0.2) is 17.1 Å². The van der Waals surface area contributed by atoms with Gasteiger partial charge in [0.05, 0.1) is 11.9 Å². The van der Waals surface area contributed by atoms with E-state index in [1.54, 1.807) is 18.2 Å². The van der Waals surface area contributed by atoms with Gasteiger partial charge in [0, 0.05) is 26.6 Å². The van der Waals surface area contributed by atoms with Gasteiger partial charge in [0.1, 0.15) is 5.82 Å². The fourth-order valence-corrected chi connectivity index (χ4v) is 4.17. The molecule has 1 aliphatic rings. The summed E-state index contributed by atoms with van der Waals surface area (Å²) in [5.74, 6) is -0.507. The summed E-state index contributed by atoms with van der Waals surface area (Å²) < 4.78 is 45.1. The summed E-state index contributed by atoms with van der Waals surface area (Å²) in [6.45, 7) is 0.789. The van der Waals surface area contributed by atoms with E-state index in [-0.39, 0.29) is 11.7 Å². The molecule has 4 nitrogen and oxygen atoms in total. The van der Waals surface area contributed by atoms with Crippen molar-refractivity contribution in [2.24, 2.45) is 5.92 Å². The van der Waals surface area contributed by atoms with Crippen LogP contribution in [0, 0.1) is 11.7 Å². The molecule has 1 aliphatic heterocycles. The number of benzene rings is 1. The highest BCUT2D eigenvalue weighted by Crippen LogP contribution is 2.27. The molecule has 1 heterocycles. The highest BCUT2D eigenvalue weighted by atomic mass is 32.2. The molecule has 0 spiro atoms. The van der Waals surface area contributed by atoms with Gasteiger partial charge in [0.25, 0.3) is 0 Å². The van der Waals surface area contributed by atoms with Crippen molar-refractivity contribution in [3.8, 4) is 0 Å². The molecular weight excluding hydrogens is 281 g/mol. The zero-order valence-corrected chi connectivity index (χ0v) is 12.6. The SMILES string of the molecule is CN(C)S(=O)(=O)[C@H]1CCOC[C@H]1Cc1ccccc1F. The van der Waals surface area contributed by atoms with Gasteiger partial charge in [-0.2, -0.15) is 0 Å². The van der Waals surface area contributed by atoms with Crippen LogP contribution >= 0.6 is 0 Å². The smallest absolute Gasteiger partial charge is 0.216 e. The summed E-state index contributed by atoms with van der Waals surface area (Å²) in [7, 11) is -0.286. The van der Waals surface area contributed by atoms with Crippen LogP contribution in [0.1, 0.15) is 12.0 Å². The highest BCUT2D eigenvalue weighted by molar-refractivity contribution is 7.89. The van der Waals surface area contributed by atoms with Crippen LogP contribution in [0.5, 0.6) is 0 Å². The minimum absolute atomic E-state index is 0.215. The van der Waals surface area contributed by atoms with E-state index in [2.05, 4.69) is 0 Å². The largest absolute Gasteiger partial charge is 0.381 e. The van der Waals surface area contributed by atoms with Crippen LogP contribution in [0.15, 0.2) is 24.3 Å². The molecule has 0 saturated carbocycles. The third-order valence-electron chi connectivity index (χ3n) is 3.74. The van der Waals surface area contributed by atoms with Crippen molar-refractivity contribution >= 4 is 10.0 Å². The molecule has 0 aliphatic carbocycles. The number of halogens is 1. The summed E-state index contributed by atoms with van der Waals surface area (Å²) >= 11 is 0. The van der Waals surface area contributed by atoms with Crippen LogP contribution in [0.2, 0.25) is 0 Å². The van der Waals surface area contributed by atoms with E-state index >= 15 is 0 Å². The molecule has 1 saturated heterocycles. The van der Waals surface area contributed by atoms with E-state index in [1.165, 1.54) is 24.5 Å². The van der Waals surface area contributed by atoms with Crippen molar-refractivity contribution in [1.29, 1.82) is 0 Å². The Morgan fingerprint density at radius 2 is 2.05 bits per heavy atom. The van der Waals surface area contributed by atoms with Gasteiger partial charge in [-0.15, -0.1) is 0 Å². The first kappa shape index (κ1) is 15.4. The maximum Gasteiger partial charge on any atom is 0.216 e. The molecule has 0 bridgehead atoms. The Labute approximate surface area is 119 Å². The van der Waals surface area contributed by atoms with Crippen LogP contribution in [0.25, 0.3) is 0 Å². The van der Waals surface area contributed by atoms with Crippen LogP contribution in [0.4, 0.5) is 4.39 Å². The Morgan fingerprint density at radius 3 is 2.70 bits per heavy atom. The predicted molar refractivity (Wildman–Crippen MR) is 75.4 cm³/mol. The molecule has 0 amide bonds. The summed E-state index contributed by atoms with van der Waals surface area (Å²) in [6, 6.07) is 6.49. The first-order valence-corrected chi connectivity index (χ1v) is 8.15. The number of hydrogen-bond donors (Lipinski definition) is 0. The molecule has 112 valence electrons. The molecule has 0 radical (unpaired) electrons. The molecule has 2 rings (SSSR count). The molecule has 1 aromatic rings. The van der Waals surface area contributed by atoms with Gasteiger partial charge >= 0.3 is 0 Å². The number of nitrogens with zero attached hydrogens (tertiary/aromatic N) is 1. The van der Waals surface area contributed by atoms with E-state index in [0.29, 0.717) is 31.6 Å². The second-order valence-electron chi connectivity index (χ2n) is 5.28. The zero-order chi connectivity index (χ0) is 14.8. The van der Waals surface area contributed by atoms with E-state index in [1.807, 2.05) is 0 Å². The standard InChI is InChI=1S/C14H20FNO3S/c1-16(2)20(17,18)14-7-8-19-10-12(14)9-11-5-3-4-6-13(11)15/h3-6,12,14H,7-10H2,1-2H3/t12-,14+/m1/s1.